The summed E-state index contributed by atoms with van der Waals surface area (Å²) in [5, 5.41) is 113. The van der Waals surface area contributed by atoms with Gasteiger partial charge in [0.2, 0.25) is 0 Å². The number of rotatable bonds is 8. The number of Topliss-reactive ketones (excluding diaryl/α,β-unsaturated/α-hetero) is 3. The van der Waals surface area contributed by atoms with Crippen molar-refractivity contribution in [2.75, 3.05) is 13.7 Å². The number of hydrogen-bond acceptors (Lipinski definition) is 19. The number of hydrogen-bond donors (Lipinski definition) is 13. The highest BCUT2D eigenvalue weighted by Crippen LogP contribution is 2.39. The van der Waals surface area contributed by atoms with Crippen molar-refractivity contribution in [3.05, 3.63) is 143 Å². The number of carbonyl (C=O) groups is 5. The predicted octanol–water partition coefficient (Wildman–Crippen LogP) is 7.35. The Morgan fingerprint density at radius 2 is 1.18 bits per heavy atom. The first-order valence-corrected chi connectivity index (χ1v) is 21.4. The van der Waals surface area contributed by atoms with Gasteiger partial charge in [-0.15, -0.1) is 0 Å². The van der Waals surface area contributed by atoms with Gasteiger partial charge >= 0.3 is 5.97 Å². The summed E-state index contributed by atoms with van der Waals surface area (Å²) in [5.41, 5.74) is 1.87. The zero-order chi connectivity index (χ0) is 53.4. The van der Waals surface area contributed by atoms with Crippen molar-refractivity contribution >= 4 is 35.2 Å². The van der Waals surface area contributed by atoms with Crippen molar-refractivity contribution in [1.82, 2.24) is 5.32 Å². The average Bonchev–Trinajstić information content (AvgIpc) is 3.88. The van der Waals surface area contributed by atoms with E-state index in [1.54, 1.807) is 6.07 Å². The summed E-state index contributed by atoms with van der Waals surface area (Å²) in [6.45, 7) is 3.51. The fourth-order valence-corrected chi connectivity index (χ4v) is 6.57. The number of allylic oxidation sites excluding steroid dienone is 1. The molecule has 1 saturated heterocycles. The molecule has 2 aliphatic heterocycles. The van der Waals surface area contributed by atoms with E-state index in [4.69, 9.17) is 35.0 Å². The molecule has 20 heteroatoms. The largest absolute Gasteiger partial charge is 0.508 e. The topological polar surface area (TPSA) is 359 Å². The summed E-state index contributed by atoms with van der Waals surface area (Å²) >= 11 is 0. The van der Waals surface area contributed by atoms with Crippen LogP contribution >= 0.6 is 0 Å². The van der Waals surface area contributed by atoms with Gasteiger partial charge in [0.25, 0.3) is 0 Å². The number of fused-ring (bicyclic) bond motifs is 1. The first-order valence-electron chi connectivity index (χ1n) is 21.4. The molecule has 2 unspecified atom stereocenters. The number of nitrogens with one attached hydrogen (secondary N) is 1. The Morgan fingerprint density at radius 3 is 1.69 bits per heavy atom. The molecule has 6 aromatic rings. The van der Waals surface area contributed by atoms with Crippen LogP contribution in [-0.4, -0.2) is 110 Å². The molecule has 1 fully saturated rings. The highest BCUT2D eigenvalue weighted by Gasteiger charge is 2.28. The molecule has 0 radical (unpaired) electrons. The van der Waals surface area contributed by atoms with Crippen molar-refractivity contribution in [3.63, 3.8) is 0 Å². The van der Waals surface area contributed by atoms with Crippen LogP contribution in [0.15, 0.2) is 109 Å². The van der Waals surface area contributed by atoms with Gasteiger partial charge in [-0.05, 0) is 117 Å². The van der Waals surface area contributed by atoms with Gasteiger partial charge in [-0.25, -0.2) is 0 Å². The van der Waals surface area contributed by atoms with E-state index in [1.807, 2.05) is 0 Å². The number of aliphatic carboxylic acids is 1. The smallest absolute Gasteiger partial charge is 0.320 e. The number of carbonyl (C=O) groups excluding carboxylic acids is 4. The standard InChI is InChI=1S/2C15H12O5.C9H10O4.C8H8O3.C5H9NO2/c16-9-2-3-10-12(18)7-14(20-15(10)6-9)8-1-4-11(17)13(19)5-8;16-10-3-4-11(14(19)8-10)12(17)5-1-9-2-6-13(18)15(20)7-9;1-5(10)7-3-6(13-2)4-8(11)9(7)12;1-5(9)7-3-2-6(10)4-8(7)11;7-5(8)4-2-1-3-6-4/h1-6,14,16-17,19H,7H2;1-8,16,18-20H;3-4,11-12H,1-2H3;2-4,10-11H,1H3;4,6H,1-3H2,(H,7,8)/b;5-1+;;;. The van der Waals surface area contributed by atoms with Gasteiger partial charge in [-0.2, -0.15) is 0 Å². The molecule has 2 atom stereocenters. The lowest BCUT2D eigenvalue weighted by Gasteiger charge is -2.25. The first kappa shape index (κ1) is 55.2. The number of ketones is 4. The highest BCUT2D eigenvalue weighted by molar-refractivity contribution is 6.08. The number of ether oxygens (including phenoxy) is 2. The third-order valence-corrected chi connectivity index (χ3v) is 10.3. The third-order valence-electron chi connectivity index (χ3n) is 10.3. The minimum atomic E-state index is -0.720. The first-order chi connectivity index (χ1) is 34.0. The van der Waals surface area contributed by atoms with Gasteiger partial charge in [0.15, 0.2) is 57.6 Å². The van der Waals surface area contributed by atoms with Crippen molar-refractivity contribution < 1.29 is 94.7 Å². The Kier molecular flexibility index (Phi) is 19.4. The van der Waals surface area contributed by atoms with Crippen LogP contribution in [0.2, 0.25) is 0 Å². The maximum absolute atomic E-state index is 12.1. The Hall–Kier alpha value is -9.43. The number of aromatic hydroxyl groups is 11. The minimum Gasteiger partial charge on any atom is -0.508 e. The van der Waals surface area contributed by atoms with Crippen LogP contribution in [-0.2, 0) is 4.79 Å². The van der Waals surface area contributed by atoms with Crippen LogP contribution in [0.5, 0.6) is 74.7 Å². The second-order valence-electron chi connectivity index (χ2n) is 15.7. The number of methoxy groups -OCH3 is 1. The van der Waals surface area contributed by atoms with E-state index < -0.39 is 23.6 Å². The van der Waals surface area contributed by atoms with E-state index in [1.165, 1.54) is 118 Å². The second kappa shape index (κ2) is 25.3. The molecule has 13 N–H and O–H groups in total. The van der Waals surface area contributed by atoms with Crippen LogP contribution in [0.3, 0.4) is 0 Å². The fraction of sp³-hybridized carbons (Fsp3) is 0.173. The van der Waals surface area contributed by atoms with Crippen molar-refractivity contribution in [2.24, 2.45) is 0 Å². The second-order valence-corrected chi connectivity index (χ2v) is 15.7. The molecule has 2 aliphatic rings. The number of phenols is 11. The Balaban J connectivity index is 0.000000203. The van der Waals surface area contributed by atoms with Gasteiger partial charge in [0, 0.05) is 24.3 Å². The lowest BCUT2D eigenvalue weighted by Crippen LogP contribution is -2.29. The molecule has 0 saturated carbocycles. The van der Waals surface area contributed by atoms with Crippen LogP contribution in [0.4, 0.5) is 0 Å². The molecule has 0 aromatic heterocycles. The molecule has 0 aliphatic carbocycles. The molecular weight excluding hydrogens is 943 g/mol. The molecule has 72 heavy (non-hydrogen) atoms. The van der Waals surface area contributed by atoms with Crippen molar-refractivity contribution in [1.29, 1.82) is 0 Å². The summed E-state index contributed by atoms with van der Waals surface area (Å²) in [6, 6.07) is 22.7. The monoisotopic (exact) mass is 993 g/mol. The average molecular weight is 994 g/mol. The van der Waals surface area contributed by atoms with E-state index in [0.29, 0.717) is 28.2 Å². The van der Waals surface area contributed by atoms with Crippen LogP contribution < -0.4 is 14.8 Å². The molecule has 20 nitrogen and oxygen atoms in total. The van der Waals surface area contributed by atoms with E-state index in [0.717, 1.165) is 31.5 Å². The summed E-state index contributed by atoms with van der Waals surface area (Å²) in [6.07, 6.45) is 4.03. The summed E-state index contributed by atoms with van der Waals surface area (Å²) in [7, 11) is 1.41. The van der Waals surface area contributed by atoms with Gasteiger partial charge in [-0.3, -0.25) is 24.0 Å². The molecule has 0 amide bonds. The quantitative estimate of drug-likeness (QED) is 0.0402. The molecular formula is C52H51NO19. The van der Waals surface area contributed by atoms with E-state index >= 15 is 0 Å². The Morgan fingerprint density at radius 1 is 0.611 bits per heavy atom. The van der Waals surface area contributed by atoms with E-state index in [-0.39, 0.29) is 104 Å². The SMILES string of the molecule is CC(=O)c1ccc(O)cc1O.COc1cc(O)c(O)c(C(C)=O)c1.O=C(/C=C/c1ccc(O)c(O)c1)c1ccc(O)cc1O.O=C(O)C1CCCN1.O=C1CC(c2ccc(O)c(O)c2)Oc2cc(O)ccc21. The third kappa shape index (κ3) is 15.5. The highest BCUT2D eigenvalue weighted by atomic mass is 16.5. The molecule has 8 rings (SSSR count). The number of carboxylic acid groups (broad SMARTS) is 1. The number of phenolic OH excluding ortho intramolecular Hbond substituents is 11. The molecule has 2 heterocycles. The minimum absolute atomic E-state index is 0.0192. The molecule has 0 spiro atoms. The zero-order valence-corrected chi connectivity index (χ0v) is 38.7. The lowest BCUT2D eigenvalue weighted by molar-refractivity contribution is -0.139. The van der Waals surface area contributed by atoms with Crippen molar-refractivity contribution in [2.45, 2.75) is 45.3 Å². The van der Waals surface area contributed by atoms with Gasteiger partial charge in [0.1, 0.15) is 52.4 Å². The van der Waals surface area contributed by atoms with Crippen LogP contribution in [0.25, 0.3) is 6.08 Å². The summed E-state index contributed by atoms with van der Waals surface area (Å²) < 4.78 is 10.5. The molecule has 6 aromatic carbocycles. The van der Waals surface area contributed by atoms with Gasteiger partial charge in [0.05, 0.1) is 35.8 Å². The summed E-state index contributed by atoms with van der Waals surface area (Å²) in [4.78, 5) is 55.8. The predicted molar refractivity (Wildman–Crippen MR) is 258 cm³/mol. The Bertz CT molecular complexity index is 2980. The zero-order valence-electron chi connectivity index (χ0n) is 38.7. The molecule has 378 valence electrons. The summed E-state index contributed by atoms with van der Waals surface area (Å²) in [5.74, 6) is -3.60. The normalized spacial score (nSPS) is 14.2. The van der Waals surface area contributed by atoms with Crippen LogP contribution in [0.1, 0.15) is 91.8 Å². The fourth-order valence-electron chi connectivity index (χ4n) is 6.57. The van der Waals surface area contributed by atoms with E-state index in [9.17, 15) is 59.7 Å². The van der Waals surface area contributed by atoms with Crippen LogP contribution in [0, 0.1) is 0 Å². The van der Waals surface area contributed by atoms with Gasteiger partial charge < -0.3 is 76.1 Å². The lowest BCUT2D eigenvalue weighted by atomic mass is 9.96. The Labute approximate surface area is 410 Å². The van der Waals surface area contributed by atoms with Crippen molar-refractivity contribution in [3.8, 4) is 74.7 Å². The molecule has 0 bridgehead atoms. The van der Waals surface area contributed by atoms with E-state index in [2.05, 4.69) is 5.32 Å². The number of benzene rings is 6. The maximum Gasteiger partial charge on any atom is 0.320 e. The van der Waals surface area contributed by atoms with Gasteiger partial charge in [-0.1, -0.05) is 18.2 Å². The number of carboxylic acids is 1. The maximum atomic E-state index is 12.1.